The largest absolute Gasteiger partial charge is 0.385 e. The number of aromatic nitrogens is 1. The number of rotatable bonds is 4. The minimum Gasteiger partial charge on any atom is -0.385 e. The summed E-state index contributed by atoms with van der Waals surface area (Å²) in [4.78, 5) is 16.5. The van der Waals surface area contributed by atoms with Crippen LogP contribution < -0.4 is 10.6 Å². The van der Waals surface area contributed by atoms with Gasteiger partial charge in [-0.2, -0.15) is 0 Å². The highest BCUT2D eigenvalue weighted by Gasteiger charge is 2.14. The third-order valence-electron chi connectivity index (χ3n) is 2.83. The van der Waals surface area contributed by atoms with Crippen molar-refractivity contribution in [2.45, 2.75) is 13.8 Å². The maximum atomic E-state index is 13.1. The number of halogens is 2. The topological polar surface area (TPSA) is 54.0 Å². The fourth-order valence-electron chi connectivity index (χ4n) is 1.86. The molecular formula is C15H15BrFN3O. The zero-order valence-electron chi connectivity index (χ0n) is 11.7. The Morgan fingerprint density at radius 1 is 1.33 bits per heavy atom. The van der Waals surface area contributed by atoms with Crippen molar-refractivity contribution in [1.82, 2.24) is 4.98 Å². The van der Waals surface area contributed by atoms with Crippen molar-refractivity contribution in [3.05, 3.63) is 52.0 Å². The van der Waals surface area contributed by atoms with Crippen molar-refractivity contribution >= 4 is 33.2 Å². The van der Waals surface area contributed by atoms with Crippen LogP contribution in [-0.2, 0) is 0 Å². The standard InChI is InChI=1S/C15H15BrFN3O/c1-3-18-14-6-9(2)19-8-11(14)15(21)20-13-5-4-10(17)7-12(13)16/h4-8H,3H2,1-2H3,(H,18,19)(H,20,21). The molecule has 1 amide bonds. The van der Waals surface area contributed by atoms with Gasteiger partial charge in [0.25, 0.3) is 5.91 Å². The molecule has 110 valence electrons. The van der Waals surface area contributed by atoms with E-state index < -0.39 is 0 Å². The molecule has 2 N–H and O–H groups in total. The Bertz CT molecular complexity index is 676. The number of carbonyl (C=O) groups excluding carboxylic acids is 1. The van der Waals surface area contributed by atoms with E-state index in [0.717, 1.165) is 11.4 Å². The first-order chi connectivity index (χ1) is 10.0. The Hall–Kier alpha value is -1.95. The molecule has 0 unspecified atom stereocenters. The van der Waals surface area contributed by atoms with E-state index in [1.54, 1.807) is 0 Å². The van der Waals surface area contributed by atoms with E-state index >= 15 is 0 Å². The summed E-state index contributed by atoms with van der Waals surface area (Å²) in [6.07, 6.45) is 1.53. The zero-order valence-corrected chi connectivity index (χ0v) is 13.3. The van der Waals surface area contributed by atoms with Crippen LogP contribution >= 0.6 is 15.9 Å². The van der Waals surface area contributed by atoms with Gasteiger partial charge in [-0.3, -0.25) is 9.78 Å². The quantitative estimate of drug-likeness (QED) is 0.875. The van der Waals surface area contributed by atoms with Gasteiger partial charge in [0.15, 0.2) is 0 Å². The molecule has 21 heavy (non-hydrogen) atoms. The van der Waals surface area contributed by atoms with E-state index in [4.69, 9.17) is 0 Å². The molecule has 0 radical (unpaired) electrons. The molecule has 0 aliphatic rings. The summed E-state index contributed by atoms with van der Waals surface area (Å²) < 4.78 is 13.5. The highest BCUT2D eigenvalue weighted by molar-refractivity contribution is 9.10. The lowest BCUT2D eigenvalue weighted by Gasteiger charge is -2.12. The molecule has 1 aromatic carbocycles. The lowest BCUT2D eigenvalue weighted by atomic mass is 10.2. The molecule has 0 fully saturated rings. The van der Waals surface area contributed by atoms with Crippen LogP contribution in [0.3, 0.4) is 0 Å². The van der Waals surface area contributed by atoms with Crippen LogP contribution in [0.4, 0.5) is 15.8 Å². The average molecular weight is 352 g/mol. The third-order valence-corrected chi connectivity index (χ3v) is 3.49. The number of nitrogens with one attached hydrogen (secondary N) is 2. The first kappa shape index (κ1) is 15.4. The van der Waals surface area contributed by atoms with Gasteiger partial charge in [0.2, 0.25) is 0 Å². The van der Waals surface area contributed by atoms with Crippen molar-refractivity contribution in [2.75, 3.05) is 17.2 Å². The van der Waals surface area contributed by atoms with Crippen LogP contribution in [0.15, 0.2) is 34.9 Å². The number of amides is 1. The van der Waals surface area contributed by atoms with E-state index in [-0.39, 0.29) is 11.7 Å². The van der Waals surface area contributed by atoms with Gasteiger partial charge in [0.1, 0.15) is 5.82 Å². The highest BCUT2D eigenvalue weighted by atomic mass is 79.9. The zero-order chi connectivity index (χ0) is 15.4. The molecule has 4 nitrogen and oxygen atoms in total. The normalized spacial score (nSPS) is 10.3. The Morgan fingerprint density at radius 2 is 2.10 bits per heavy atom. The van der Waals surface area contributed by atoms with Crippen LogP contribution in [-0.4, -0.2) is 17.4 Å². The summed E-state index contributed by atoms with van der Waals surface area (Å²) in [6.45, 7) is 4.51. The second-order valence-corrected chi connectivity index (χ2v) is 5.33. The Morgan fingerprint density at radius 3 is 2.76 bits per heavy atom. The minimum atomic E-state index is -0.370. The Balaban J connectivity index is 2.28. The van der Waals surface area contributed by atoms with Gasteiger partial charge in [-0.1, -0.05) is 0 Å². The summed E-state index contributed by atoms with van der Waals surface area (Å²) in [5.74, 6) is -0.670. The summed E-state index contributed by atoms with van der Waals surface area (Å²) in [5.41, 5.74) is 2.49. The van der Waals surface area contributed by atoms with Gasteiger partial charge in [0, 0.05) is 22.9 Å². The lowest BCUT2D eigenvalue weighted by molar-refractivity contribution is 0.102. The number of anilines is 2. The van der Waals surface area contributed by atoms with Crippen molar-refractivity contribution < 1.29 is 9.18 Å². The number of pyridine rings is 1. The van der Waals surface area contributed by atoms with E-state index in [1.165, 1.54) is 24.4 Å². The van der Waals surface area contributed by atoms with Crippen LogP contribution in [0.5, 0.6) is 0 Å². The molecule has 0 saturated carbocycles. The molecule has 0 aliphatic carbocycles. The highest BCUT2D eigenvalue weighted by Crippen LogP contribution is 2.25. The summed E-state index contributed by atoms with van der Waals surface area (Å²) in [5, 5.41) is 5.87. The molecular weight excluding hydrogens is 337 g/mol. The first-order valence-corrected chi connectivity index (χ1v) is 7.27. The van der Waals surface area contributed by atoms with Gasteiger partial charge in [-0.15, -0.1) is 0 Å². The van der Waals surface area contributed by atoms with Crippen LogP contribution in [0.25, 0.3) is 0 Å². The van der Waals surface area contributed by atoms with Gasteiger partial charge in [0.05, 0.1) is 16.9 Å². The smallest absolute Gasteiger partial charge is 0.259 e. The predicted octanol–water partition coefficient (Wildman–Crippen LogP) is 3.98. The van der Waals surface area contributed by atoms with Gasteiger partial charge in [-0.05, 0) is 54.0 Å². The minimum absolute atomic E-state index is 0.300. The van der Waals surface area contributed by atoms with E-state index in [1.807, 2.05) is 19.9 Å². The fourth-order valence-corrected chi connectivity index (χ4v) is 2.31. The van der Waals surface area contributed by atoms with Crippen LogP contribution in [0, 0.1) is 12.7 Å². The van der Waals surface area contributed by atoms with Crippen LogP contribution in [0.1, 0.15) is 23.0 Å². The molecule has 6 heteroatoms. The predicted molar refractivity (Wildman–Crippen MR) is 85.2 cm³/mol. The molecule has 0 spiro atoms. The summed E-state index contributed by atoms with van der Waals surface area (Å²) >= 11 is 3.22. The van der Waals surface area contributed by atoms with Gasteiger partial charge >= 0.3 is 0 Å². The lowest BCUT2D eigenvalue weighted by Crippen LogP contribution is -2.16. The van der Waals surface area contributed by atoms with Gasteiger partial charge in [-0.25, -0.2) is 4.39 Å². The first-order valence-electron chi connectivity index (χ1n) is 6.48. The van der Waals surface area contributed by atoms with Gasteiger partial charge < -0.3 is 10.6 Å². The number of nitrogens with zero attached hydrogens (tertiary/aromatic N) is 1. The molecule has 0 bridgehead atoms. The Labute approximate surface area is 130 Å². The van der Waals surface area contributed by atoms with E-state index in [9.17, 15) is 9.18 Å². The van der Waals surface area contributed by atoms with Crippen LogP contribution in [0.2, 0.25) is 0 Å². The molecule has 0 saturated heterocycles. The molecule has 2 rings (SSSR count). The second-order valence-electron chi connectivity index (χ2n) is 4.48. The number of carbonyl (C=O) groups is 1. The van der Waals surface area contributed by atoms with Crippen molar-refractivity contribution in [2.24, 2.45) is 0 Å². The number of benzene rings is 1. The number of aryl methyl sites for hydroxylation is 1. The number of hydrogen-bond acceptors (Lipinski definition) is 3. The fraction of sp³-hybridized carbons (Fsp3) is 0.200. The van der Waals surface area contributed by atoms with Crippen molar-refractivity contribution in [3.63, 3.8) is 0 Å². The molecule has 1 heterocycles. The molecule has 0 atom stereocenters. The second kappa shape index (κ2) is 6.67. The van der Waals surface area contributed by atoms with Crippen molar-refractivity contribution in [3.8, 4) is 0 Å². The Kier molecular flexibility index (Phi) is 4.90. The van der Waals surface area contributed by atoms with E-state index in [2.05, 4.69) is 31.5 Å². The monoisotopic (exact) mass is 351 g/mol. The number of hydrogen-bond donors (Lipinski definition) is 2. The summed E-state index contributed by atoms with van der Waals surface area (Å²) in [7, 11) is 0. The maximum absolute atomic E-state index is 13.1. The van der Waals surface area contributed by atoms with Crippen molar-refractivity contribution in [1.29, 1.82) is 0 Å². The molecule has 1 aromatic heterocycles. The molecule has 0 aliphatic heterocycles. The third kappa shape index (κ3) is 3.78. The maximum Gasteiger partial charge on any atom is 0.259 e. The SMILES string of the molecule is CCNc1cc(C)ncc1C(=O)Nc1ccc(F)cc1Br. The average Bonchev–Trinajstić information content (AvgIpc) is 2.42. The summed E-state index contributed by atoms with van der Waals surface area (Å²) in [6, 6.07) is 5.91. The van der Waals surface area contributed by atoms with E-state index in [0.29, 0.717) is 22.3 Å². The molecule has 2 aromatic rings.